The maximum atomic E-state index is 11.5. The molecule has 1 aliphatic carbocycles. The lowest BCUT2D eigenvalue weighted by Crippen LogP contribution is -2.22. The Hall–Kier alpha value is -1.37. The summed E-state index contributed by atoms with van der Waals surface area (Å²) in [7, 11) is -2.89. The number of hydrogen-bond donors (Lipinski definition) is 2. The molecule has 1 atom stereocenters. The molecule has 0 radical (unpaired) electrons. The van der Waals surface area contributed by atoms with E-state index in [9.17, 15) is 8.42 Å². The zero-order valence-electron chi connectivity index (χ0n) is 10.9. The number of nitrogen functional groups attached to an aromatic ring is 1. The van der Waals surface area contributed by atoms with Crippen LogP contribution < -0.4 is 11.1 Å². The second-order valence-corrected chi connectivity index (χ2v) is 7.69. The third-order valence-corrected chi connectivity index (χ3v) is 5.48. The van der Waals surface area contributed by atoms with E-state index in [1.165, 1.54) is 0 Å². The summed E-state index contributed by atoms with van der Waals surface area (Å²) in [6.07, 6.45) is 2.85. The molecule has 19 heavy (non-hydrogen) atoms. The van der Waals surface area contributed by atoms with Crippen LogP contribution in [0.5, 0.6) is 0 Å². The minimum absolute atomic E-state index is 0.0648. The summed E-state index contributed by atoms with van der Waals surface area (Å²) in [5.41, 5.74) is 6.70. The van der Waals surface area contributed by atoms with Gasteiger partial charge in [-0.05, 0) is 26.2 Å². The zero-order chi connectivity index (χ0) is 13.6. The monoisotopic (exact) mass is 282 g/mol. The van der Waals surface area contributed by atoms with E-state index in [2.05, 4.69) is 15.3 Å². The number of hydrogen-bond acceptors (Lipinski definition) is 6. The van der Waals surface area contributed by atoms with Crippen LogP contribution >= 0.6 is 0 Å². The first-order valence-corrected chi connectivity index (χ1v) is 8.38. The highest BCUT2D eigenvalue weighted by atomic mass is 32.2. The Morgan fingerprint density at radius 3 is 2.58 bits per heavy atom. The average Bonchev–Trinajstić information content (AvgIpc) is 3.11. The number of sulfone groups is 1. The van der Waals surface area contributed by atoms with Crippen LogP contribution in [0, 0.1) is 6.92 Å². The minimum Gasteiger partial charge on any atom is -0.383 e. The van der Waals surface area contributed by atoms with Crippen molar-refractivity contribution >= 4 is 21.5 Å². The van der Waals surface area contributed by atoms with Gasteiger partial charge < -0.3 is 11.1 Å². The van der Waals surface area contributed by atoms with Gasteiger partial charge in [0.15, 0.2) is 9.84 Å². The van der Waals surface area contributed by atoms with Crippen molar-refractivity contribution in [1.29, 1.82) is 0 Å². The number of rotatable bonds is 3. The fourth-order valence-corrected chi connectivity index (χ4v) is 3.99. The van der Waals surface area contributed by atoms with Crippen molar-refractivity contribution in [3.63, 3.8) is 0 Å². The van der Waals surface area contributed by atoms with Crippen molar-refractivity contribution in [2.75, 3.05) is 22.6 Å². The molecule has 2 heterocycles. The van der Waals surface area contributed by atoms with Crippen molar-refractivity contribution in [2.24, 2.45) is 0 Å². The van der Waals surface area contributed by atoms with Crippen molar-refractivity contribution < 1.29 is 8.42 Å². The van der Waals surface area contributed by atoms with Gasteiger partial charge in [0.05, 0.1) is 11.5 Å². The Morgan fingerprint density at radius 1 is 1.26 bits per heavy atom. The molecular weight excluding hydrogens is 264 g/mol. The topological polar surface area (TPSA) is 98.0 Å². The fraction of sp³-hybridized carbons (Fsp3) is 0.667. The molecule has 2 aliphatic rings. The SMILES string of the molecule is Cc1c(N)nc(C2CC2)nc1NC1CCS(=O)(=O)C1. The summed E-state index contributed by atoms with van der Waals surface area (Å²) in [6.45, 7) is 1.86. The molecule has 104 valence electrons. The van der Waals surface area contributed by atoms with Gasteiger partial charge in [0.2, 0.25) is 0 Å². The van der Waals surface area contributed by atoms with Crippen molar-refractivity contribution in [2.45, 2.75) is 38.1 Å². The van der Waals surface area contributed by atoms with E-state index in [1.54, 1.807) is 0 Å². The van der Waals surface area contributed by atoms with Crippen molar-refractivity contribution in [3.05, 3.63) is 11.4 Å². The second kappa shape index (κ2) is 4.33. The molecule has 7 heteroatoms. The van der Waals surface area contributed by atoms with Crippen LogP contribution in [0.3, 0.4) is 0 Å². The van der Waals surface area contributed by atoms with E-state index < -0.39 is 9.84 Å². The molecule has 1 aromatic rings. The van der Waals surface area contributed by atoms with E-state index in [-0.39, 0.29) is 17.5 Å². The van der Waals surface area contributed by atoms with E-state index in [0.717, 1.165) is 24.2 Å². The van der Waals surface area contributed by atoms with Crippen molar-refractivity contribution in [3.8, 4) is 0 Å². The smallest absolute Gasteiger partial charge is 0.152 e. The van der Waals surface area contributed by atoms with Gasteiger partial charge in [0, 0.05) is 17.5 Å². The summed E-state index contributed by atoms with van der Waals surface area (Å²) >= 11 is 0. The largest absolute Gasteiger partial charge is 0.383 e. The highest BCUT2D eigenvalue weighted by Gasteiger charge is 2.30. The zero-order valence-corrected chi connectivity index (χ0v) is 11.7. The second-order valence-electron chi connectivity index (χ2n) is 5.46. The molecule has 3 N–H and O–H groups in total. The normalized spacial score (nSPS) is 25.4. The van der Waals surface area contributed by atoms with Gasteiger partial charge in [0.1, 0.15) is 17.5 Å². The van der Waals surface area contributed by atoms with Crippen LogP contribution in [0.4, 0.5) is 11.6 Å². The van der Waals surface area contributed by atoms with Gasteiger partial charge in [-0.15, -0.1) is 0 Å². The summed E-state index contributed by atoms with van der Waals surface area (Å²) in [6, 6.07) is -0.0648. The van der Waals surface area contributed by atoms with Gasteiger partial charge >= 0.3 is 0 Å². The van der Waals surface area contributed by atoms with Crippen molar-refractivity contribution in [1.82, 2.24) is 9.97 Å². The van der Waals surface area contributed by atoms with E-state index in [0.29, 0.717) is 24.0 Å². The van der Waals surface area contributed by atoms with Crippen LogP contribution in [-0.4, -0.2) is 35.9 Å². The van der Waals surface area contributed by atoms with Gasteiger partial charge in [-0.25, -0.2) is 18.4 Å². The molecule has 0 bridgehead atoms. The van der Waals surface area contributed by atoms with Crippen LogP contribution in [-0.2, 0) is 9.84 Å². The number of nitrogens with zero attached hydrogens (tertiary/aromatic N) is 2. The molecular formula is C12H18N4O2S. The molecule has 1 saturated heterocycles. The molecule has 0 spiro atoms. The summed E-state index contributed by atoms with van der Waals surface area (Å²) in [4.78, 5) is 8.82. The van der Waals surface area contributed by atoms with E-state index >= 15 is 0 Å². The van der Waals surface area contributed by atoms with Crippen LogP contribution in [0.15, 0.2) is 0 Å². The summed E-state index contributed by atoms with van der Waals surface area (Å²) in [5, 5.41) is 3.22. The van der Waals surface area contributed by atoms with Crippen LogP contribution in [0.1, 0.15) is 36.6 Å². The summed E-state index contributed by atoms with van der Waals surface area (Å²) in [5.74, 6) is 2.81. The Bertz CT molecular complexity index is 610. The number of aromatic nitrogens is 2. The third kappa shape index (κ3) is 2.65. The standard InChI is InChI=1S/C12H18N4O2S/c1-7-10(13)15-12(8-2-3-8)16-11(7)14-9-4-5-19(17,18)6-9/h8-9H,2-6H2,1H3,(H3,13,14,15,16). The molecule has 0 amide bonds. The highest BCUT2D eigenvalue weighted by Crippen LogP contribution is 2.39. The van der Waals surface area contributed by atoms with E-state index in [4.69, 9.17) is 5.73 Å². The molecule has 3 rings (SSSR count). The summed E-state index contributed by atoms with van der Waals surface area (Å²) < 4.78 is 22.9. The first-order chi connectivity index (χ1) is 8.94. The molecule has 1 aliphatic heterocycles. The Kier molecular flexibility index (Phi) is 2.88. The maximum absolute atomic E-state index is 11.5. The molecule has 1 aromatic heterocycles. The number of nitrogens with one attached hydrogen (secondary N) is 1. The van der Waals surface area contributed by atoms with Gasteiger partial charge in [-0.3, -0.25) is 0 Å². The molecule has 1 saturated carbocycles. The lowest BCUT2D eigenvalue weighted by atomic mass is 10.2. The van der Waals surface area contributed by atoms with Crippen LogP contribution in [0.25, 0.3) is 0 Å². The quantitative estimate of drug-likeness (QED) is 0.852. The Labute approximate surface area is 112 Å². The van der Waals surface area contributed by atoms with Gasteiger partial charge in [-0.2, -0.15) is 0 Å². The molecule has 0 aromatic carbocycles. The lowest BCUT2D eigenvalue weighted by molar-refractivity contribution is 0.602. The Balaban J connectivity index is 1.84. The van der Waals surface area contributed by atoms with Gasteiger partial charge in [-0.1, -0.05) is 0 Å². The number of nitrogens with two attached hydrogens (primary N) is 1. The predicted molar refractivity (Wildman–Crippen MR) is 73.8 cm³/mol. The first kappa shape index (κ1) is 12.7. The first-order valence-electron chi connectivity index (χ1n) is 6.55. The minimum atomic E-state index is -2.89. The number of anilines is 2. The molecule has 1 unspecified atom stereocenters. The fourth-order valence-electron chi connectivity index (χ4n) is 2.32. The predicted octanol–water partition coefficient (Wildman–Crippen LogP) is 0.844. The average molecular weight is 282 g/mol. The van der Waals surface area contributed by atoms with Gasteiger partial charge in [0.25, 0.3) is 0 Å². The molecule has 6 nitrogen and oxygen atoms in total. The molecule has 2 fully saturated rings. The maximum Gasteiger partial charge on any atom is 0.152 e. The highest BCUT2D eigenvalue weighted by molar-refractivity contribution is 7.91. The third-order valence-electron chi connectivity index (χ3n) is 3.72. The van der Waals surface area contributed by atoms with E-state index in [1.807, 2.05) is 6.92 Å². The lowest BCUT2D eigenvalue weighted by Gasteiger charge is -2.15. The van der Waals surface area contributed by atoms with Crippen LogP contribution in [0.2, 0.25) is 0 Å². The Morgan fingerprint density at radius 2 is 2.00 bits per heavy atom.